The molecule has 1 aliphatic heterocycles. The van der Waals surface area contributed by atoms with Crippen molar-refractivity contribution in [2.45, 2.75) is 10.9 Å². The first-order valence-corrected chi connectivity index (χ1v) is 11.5. The molecule has 4 rings (SSSR count). The lowest BCUT2D eigenvalue weighted by Crippen LogP contribution is -2.41. The Hall–Kier alpha value is -2.55. The minimum Gasteiger partial charge on any atom is -0.379 e. The van der Waals surface area contributed by atoms with Crippen LogP contribution in [0.2, 0.25) is 0 Å². The van der Waals surface area contributed by atoms with E-state index in [9.17, 15) is 8.42 Å². The molecule has 1 atom stereocenters. The molecule has 7 nitrogen and oxygen atoms in total. The summed E-state index contributed by atoms with van der Waals surface area (Å²) in [4.78, 5) is 11.3. The fourth-order valence-corrected chi connectivity index (χ4v) is 4.27. The summed E-state index contributed by atoms with van der Waals surface area (Å²) in [5, 5.41) is 4.13. The van der Waals surface area contributed by atoms with E-state index in [2.05, 4.69) is 32.3 Å². The number of hydrogen-bond acceptors (Lipinski definition) is 7. The third-order valence-electron chi connectivity index (χ3n) is 5.17. The Morgan fingerprint density at radius 3 is 2.59 bits per heavy atom. The monoisotopic (exact) mass is 412 g/mol. The molecule has 2 aromatic carbocycles. The molecule has 1 N–H and O–H groups in total. The molecule has 1 fully saturated rings. The number of fused-ring (bicyclic) bond motifs is 1. The molecule has 2 heterocycles. The van der Waals surface area contributed by atoms with Crippen LogP contribution < -0.4 is 5.32 Å². The minimum absolute atomic E-state index is 0.156. The number of ether oxygens (including phenoxy) is 1. The lowest BCUT2D eigenvalue weighted by Gasteiger charge is -2.35. The van der Waals surface area contributed by atoms with Crippen LogP contribution in [0.1, 0.15) is 11.6 Å². The van der Waals surface area contributed by atoms with Gasteiger partial charge in [0.05, 0.1) is 29.7 Å². The Kier molecular flexibility index (Phi) is 5.75. The van der Waals surface area contributed by atoms with E-state index in [1.165, 1.54) is 18.1 Å². The number of benzene rings is 2. The molecule has 1 saturated heterocycles. The third-order valence-corrected chi connectivity index (χ3v) is 6.28. The van der Waals surface area contributed by atoms with Gasteiger partial charge < -0.3 is 10.1 Å². The first kappa shape index (κ1) is 19.8. The van der Waals surface area contributed by atoms with Gasteiger partial charge >= 0.3 is 0 Å². The third kappa shape index (κ3) is 4.55. The predicted octanol–water partition coefficient (Wildman–Crippen LogP) is 2.52. The molecular formula is C21H24N4O3S. The first-order chi connectivity index (χ1) is 14.0. The largest absolute Gasteiger partial charge is 0.379 e. The number of sulfone groups is 1. The van der Waals surface area contributed by atoms with E-state index in [4.69, 9.17) is 4.74 Å². The molecule has 8 heteroatoms. The van der Waals surface area contributed by atoms with E-state index >= 15 is 0 Å². The summed E-state index contributed by atoms with van der Waals surface area (Å²) < 4.78 is 29.4. The van der Waals surface area contributed by atoms with Crippen molar-refractivity contribution in [1.29, 1.82) is 0 Å². The second-order valence-electron chi connectivity index (χ2n) is 7.13. The van der Waals surface area contributed by atoms with Gasteiger partial charge in [0.2, 0.25) is 0 Å². The van der Waals surface area contributed by atoms with Gasteiger partial charge in [-0.15, -0.1) is 0 Å². The van der Waals surface area contributed by atoms with Gasteiger partial charge in [0.1, 0.15) is 12.1 Å². The maximum atomic E-state index is 12.0. The number of anilines is 1. The molecule has 29 heavy (non-hydrogen) atoms. The van der Waals surface area contributed by atoms with Gasteiger partial charge in [-0.3, -0.25) is 4.90 Å². The maximum absolute atomic E-state index is 12.0. The molecular weight excluding hydrogens is 388 g/mol. The number of rotatable bonds is 6. The highest BCUT2D eigenvalue weighted by Crippen LogP contribution is 2.26. The van der Waals surface area contributed by atoms with Gasteiger partial charge in [-0.2, -0.15) is 0 Å². The van der Waals surface area contributed by atoms with Gasteiger partial charge in [0.15, 0.2) is 9.84 Å². The highest BCUT2D eigenvalue weighted by molar-refractivity contribution is 7.90. The van der Waals surface area contributed by atoms with E-state index in [1.807, 2.05) is 18.2 Å². The zero-order valence-corrected chi connectivity index (χ0v) is 17.1. The van der Waals surface area contributed by atoms with Crippen molar-refractivity contribution in [3.8, 4) is 0 Å². The highest BCUT2D eigenvalue weighted by Gasteiger charge is 2.23. The predicted molar refractivity (Wildman–Crippen MR) is 113 cm³/mol. The number of aromatic nitrogens is 2. The van der Waals surface area contributed by atoms with Crippen LogP contribution in [-0.4, -0.2) is 62.4 Å². The van der Waals surface area contributed by atoms with Crippen LogP contribution in [0.25, 0.3) is 10.9 Å². The van der Waals surface area contributed by atoms with E-state index in [0.29, 0.717) is 23.3 Å². The lowest BCUT2D eigenvalue weighted by molar-refractivity contribution is 0.0187. The van der Waals surface area contributed by atoms with Crippen molar-refractivity contribution in [1.82, 2.24) is 14.9 Å². The van der Waals surface area contributed by atoms with Crippen molar-refractivity contribution in [3.63, 3.8) is 0 Å². The Morgan fingerprint density at radius 1 is 1.10 bits per heavy atom. The number of nitrogens with one attached hydrogen (secondary N) is 1. The van der Waals surface area contributed by atoms with Gasteiger partial charge in [-0.25, -0.2) is 18.4 Å². The number of morpholine rings is 1. The second-order valence-corrected chi connectivity index (χ2v) is 9.14. The standard InChI is InChI=1S/C21H24N4O3S/c1-29(26,27)17-7-8-19-18(13-17)21(24-15-23-19)22-14-20(16-5-3-2-4-6-16)25-9-11-28-12-10-25/h2-8,13,15,20H,9-12,14H2,1H3,(H,22,23,24). The topological polar surface area (TPSA) is 84.4 Å². The summed E-state index contributed by atoms with van der Waals surface area (Å²) >= 11 is 0. The van der Waals surface area contributed by atoms with Crippen molar-refractivity contribution in [2.75, 3.05) is 44.4 Å². The molecule has 0 spiro atoms. The average molecular weight is 413 g/mol. The highest BCUT2D eigenvalue weighted by atomic mass is 32.2. The first-order valence-electron chi connectivity index (χ1n) is 9.58. The van der Waals surface area contributed by atoms with E-state index in [1.54, 1.807) is 18.2 Å². The lowest BCUT2D eigenvalue weighted by atomic mass is 10.0. The Bertz CT molecular complexity index is 1080. The van der Waals surface area contributed by atoms with Crippen LogP contribution in [0.5, 0.6) is 0 Å². The summed E-state index contributed by atoms with van der Waals surface area (Å²) in [6.45, 7) is 3.81. The normalized spacial score (nSPS) is 16.6. The molecule has 0 amide bonds. The molecule has 0 saturated carbocycles. The minimum atomic E-state index is -3.31. The van der Waals surface area contributed by atoms with Crippen LogP contribution in [0, 0.1) is 0 Å². The number of hydrogen-bond donors (Lipinski definition) is 1. The fraction of sp³-hybridized carbons (Fsp3) is 0.333. The van der Waals surface area contributed by atoms with Crippen LogP contribution >= 0.6 is 0 Å². The van der Waals surface area contributed by atoms with Gasteiger partial charge in [-0.1, -0.05) is 30.3 Å². The van der Waals surface area contributed by atoms with Gasteiger partial charge in [-0.05, 0) is 23.8 Å². The second kappa shape index (κ2) is 8.44. The van der Waals surface area contributed by atoms with Gasteiger partial charge in [0.25, 0.3) is 0 Å². The fourth-order valence-electron chi connectivity index (χ4n) is 3.62. The van der Waals surface area contributed by atoms with Crippen molar-refractivity contribution in [2.24, 2.45) is 0 Å². The summed E-state index contributed by atoms with van der Waals surface area (Å²) in [5.74, 6) is 0.634. The van der Waals surface area contributed by atoms with E-state index in [-0.39, 0.29) is 10.9 Å². The summed E-state index contributed by atoms with van der Waals surface area (Å²) in [7, 11) is -3.31. The Balaban J connectivity index is 1.64. The quantitative estimate of drug-likeness (QED) is 0.666. The van der Waals surface area contributed by atoms with Crippen LogP contribution in [0.15, 0.2) is 59.8 Å². The molecule has 1 aromatic heterocycles. The number of nitrogens with zero attached hydrogens (tertiary/aromatic N) is 3. The van der Waals surface area contributed by atoms with Crippen molar-refractivity contribution < 1.29 is 13.2 Å². The summed E-state index contributed by atoms with van der Waals surface area (Å²) in [6.07, 6.45) is 2.70. The molecule has 1 unspecified atom stereocenters. The van der Waals surface area contributed by atoms with Crippen LogP contribution in [0.3, 0.4) is 0 Å². The van der Waals surface area contributed by atoms with E-state index < -0.39 is 9.84 Å². The van der Waals surface area contributed by atoms with E-state index in [0.717, 1.165) is 26.3 Å². The van der Waals surface area contributed by atoms with Crippen LogP contribution in [0.4, 0.5) is 5.82 Å². The zero-order valence-electron chi connectivity index (χ0n) is 16.3. The van der Waals surface area contributed by atoms with Crippen molar-refractivity contribution >= 4 is 26.6 Å². The Morgan fingerprint density at radius 2 is 1.86 bits per heavy atom. The molecule has 3 aromatic rings. The smallest absolute Gasteiger partial charge is 0.175 e. The molecule has 1 aliphatic rings. The maximum Gasteiger partial charge on any atom is 0.175 e. The van der Waals surface area contributed by atoms with Crippen LogP contribution in [-0.2, 0) is 14.6 Å². The average Bonchev–Trinajstić information content (AvgIpc) is 2.74. The summed E-state index contributed by atoms with van der Waals surface area (Å²) in [6, 6.07) is 15.4. The molecule has 0 aliphatic carbocycles. The molecule has 152 valence electrons. The Labute approximate surface area is 170 Å². The SMILES string of the molecule is CS(=O)(=O)c1ccc2ncnc(NCC(c3ccccc3)N3CCOCC3)c2c1. The molecule has 0 bridgehead atoms. The summed E-state index contributed by atoms with van der Waals surface area (Å²) in [5.41, 5.74) is 1.93. The van der Waals surface area contributed by atoms with Crippen molar-refractivity contribution in [3.05, 3.63) is 60.4 Å². The van der Waals surface area contributed by atoms with Gasteiger partial charge in [0, 0.05) is 31.3 Å². The zero-order chi connectivity index (χ0) is 20.3. The molecule has 0 radical (unpaired) electrons.